The van der Waals surface area contributed by atoms with Crippen molar-refractivity contribution < 1.29 is 9.26 Å². The molecule has 0 aliphatic rings. The van der Waals surface area contributed by atoms with Crippen molar-refractivity contribution in [3.63, 3.8) is 0 Å². The predicted molar refractivity (Wildman–Crippen MR) is 56.7 cm³/mol. The lowest BCUT2D eigenvalue weighted by Gasteiger charge is -2.02. The lowest BCUT2D eigenvalue weighted by atomic mass is 10.3. The van der Waals surface area contributed by atoms with E-state index in [4.69, 9.17) is 15.0 Å². The Balaban J connectivity index is 2.23. The van der Waals surface area contributed by atoms with Crippen molar-refractivity contribution in [2.75, 3.05) is 13.7 Å². The molecule has 0 spiro atoms. The summed E-state index contributed by atoms with van der Waals surface area (Å²) in [5, 5.41) is 7.66. The fraction of sp³-hybridized carbons (Fsp3) is 0.500. The van der Waals surface area contributed by atoms with Gasteiger partial charge in [-0.25, -0.2) is 0 Å². The van der Waals surface area contributed by atoms with Gasteiger partial charge in [0, 0.05) is 7.11 Å². The summed E-state index contributed by atoms with van der Waals surface area (Å²) in [6.07, 6.45) is 0. The molecule has 2 aromatic heterocycles. The summed E-state index contributed by atoms with van der Waals surface area (Å²) >= 11 is 1.21. The number of aromatic nitrogens is 4. The number of methoxy groups -OCH3 is 1. The first-order chi connectivity index (χ1) is 7.72. The third-order valence-corrected chi connectivity index (χ3v) is 2.78. The minimum Gasteiger partial charge on any atom is -0.383 e. The van der Waals surface area contributed by atoms with Gasteiger partial charge < -0.3 is 15.0 Å². The maximum Gasteiger partial charge on any atom is 0.271 e. The molecule has 0 aliphatic carbocycles. The number of nitrogens with zero attached hydrogens (tertiary/aromatic N) is 4. The molecule has 0 bridgehead atoms. The second-order valence-electron chi connectivity index (χ2n) is 3.21. The second kappa shape index (κ2) is 4.64. The van der Waals surface area contributed by atoms with Gasteiger partial charge in [0.25, 0.3) is 5.89 Å². The molecular weight excluding hydrogens is 230 g/mol. The summed E-state index contributed by atoms with van der Waals surface area (Å²) < 4.78 is 13.8. The Morgan fingerprint density at radius 2 is 2.38 bits per heavy atom. The van der Waals surface area contributed by atoms with E-state index in [1.54, 1.807) is 7.11 Å². The highest BCUT2D eigenvalue weighted by molar-refractivity contribution is 7.09. The second-order valence-corrected chi connectivity index (χ2v) is 3.96. The molecule has 86 valence electrons. The fourth-order valence-electron chi connectivity index (χ4n) is 1.16. The molecule has 0 saturated carbocycles. The first-order valence-corrected chi connectivity index (χ1v) is 5.37. The molecule has 8 heteroatoms. The zero-order valence-electron chi connectivity index (χ0n) is 8.88. The van der Waals surface area contributed by atoms with Crippen LogP contribution in [-0.4, -0.2) is 33.4 Å². The normalized spacial score (nSPS) is 12.9. The van der Waals surface area contributed by atoms with Crippen LogP contribution in [0, 0.1) is 6.92 Å². The Labute approximate surface area is 95.8 Å². The minimum absolute atomic E-state index is 0.346. The van der Waals surface area contributed by atoms with Gasteiger partial charge in [-0.3, -0.25) is 0 Å². The van der Waals surface area contributed by atoms with Crippen LogP contribution in [0.25, 0.3) is 10.8 Å². The maximum absolute atomic E-state index is 5.77. The highest BCUT2D eigenvalue weighted by Gasteiger charge is 2.18. The molecular formula is C8H11N5O2S. The Morgan fingerprint density at radius 3 is 3.00 bits per heavy atom. The molecule has 0 amide bonds. The van der Waals surface area contributed by atoms with Crippen molar-refractivity contribution in [1.82, 2.24) is 19.7 Å². The number of aryl methyl sites for hydroxylation is 1. The van der Waals surface area contributed by atoms with Crippen LogP contribution in [0.2, 0.25) is 0 Å². The molecule has 2 heterocycles. The summed E-state index contributed by atoms with van der Waals surface area (Å²) in [7, 11) is 1.57. The van der Waals surface area contributed by atoms with Gasteiger partial charge in [-0.2, -0.15) is 4.98 Å². The Morgan fingerprint density at radius 1 is 1.56 bits per heavy atom. The summed E-state index contributed by atoms with van der Waals surface area (Å²) in [6.45, 7) is 2.18. The monoisotopic (exact) mass is 241 g/mol. The first-order valence-electron chi connectivity index (χ1n) is 4.60. The quantitative estimate of drug-likeness (QED) is 0.833. The highest BCUT2D eigenvalue weighted by Crippen LogP contribution is 2.24. The molecule has 0 saturated heterocycles. The van der Waals surface area contributed by atoms with E-state index in [-0.39, 0.29) is 6.04 Å². The van der Waals surface area contributed by atoms with Gasteiger partial charge in [0.1, 0.15) is 4.88 Å². The van der Waals surface area contributed by atoms with Gasteiger partial charge in [-0.1, -0.05) is 9.64 Å². The van der Waals surface area contributed by atoms with Crippen LogP contribution in [0.15, 0.2) is 4.52 Å². The van der Waals surface area contributed by atoms with Gasteiger partial charge in [0.05, 0.1) is 18.3 Å². The summed E-state index contributed by atoms with van der Waals surface area (Å²) in [5.74, 6) is 0.818. The van der Waals surface area contributed by atoms with E-state index in [1.165, 1.54) is 11.5 Å². The molecule has 1 atom stereocenters. The van der Waals surface area contributed by atoms with Crippen molar-refractivity contribution in [2.24, 2.45) is 5.73 Å². The van der Waals surface area contributed by atoms with Crippen LogP contribution >= 0.6 is 11.5 Å². The highest BCUT2D eigenvalue weighted by atomic mass is 32.1. The molecule has 0 aromatic carbocycles. The fourth-order valence-corrected chi connectivity index (χ4v) is 1.74. The third kappa shape index (κ3) is 2.08. The average molecular weight is 241 g/mol. The smallest absolute Gasteiger partial charge is 0.271 e. The average Bonchev–Trinajstić information content (AvgIpc) is 2.86. The standard InChI is InChI=1S/C8H11N5O2S/c1-4-6(16-13-11-4)8-10-7(12-15-8)5(9)3-14-2/h5H,3,9H2,1-2H3. The van der Waals surface area contributed by atoms with Crippen LogP contribution in [0.3, 0.4) is 0 Å². The van der Waals surface area contributed by atoms with Gasteiger partial charge in [-0.05, 0) is 18.5 Å². The van der Waals surface area contributed by atoms with Crippen molar-refractivity contribution in [1.29, 1.82) is 0 Å². The number of hydrogen-bond donors (Lipinski definition) is 1. The topological polar surface area (TPSA) is 100.0 Å². The lowest BCUT2D eigenvalue weighted by Crippen LogP contribution is -2.17. The van der Waals surface area contributed by atoms with E-state index in [1.807, 2.05) is 6.92 Å². The molecule has 0 fully saturated rings. The van der Waals surface area contributed by atoms with Crippen molar-refractivity contribution >= 4 is 11.5 Å². The van der Waals surface area contributed by atoms with E-state index in [9.17, 15) is 0 Å². The van der Waals surface area contributed by atoms with Crippen molar-refractivity contribution in [3.8, 4) is 10.8 Å². The number of ether oxygens (including phenoxy) is 1. The minimum atomic E-state index is -0.385. The zero-order chi connectivity index (χ0) is 11.5. The molecule has 2 rings (SSSR count). The summed E-state index contributed by atoms with van der Waals surface area (Å²) in [6, 6.07) is -0.385. The maximum atomic E-state index is 5.77. The molecule has 0 aliphatic heterocycles. The van der Waals surface area contributed by atoms with E-state index in [0.717, 1.165) is 10.6 Å². The Kier molecular flexibility index (Phi) is 3.22. The number of hydrogen-bond acceptors (Lipinski definition) is 8. The van der Waals surface area contributed by atoms with E-state index in [0.29, 0.717) is 18.3 Å². The third-order valence-electron chi connectivity index (χ3n) is 1.97. The number of nitrogens with two attached hydrogens (primary N) is 1. The zero-order valence-corrected chi connectivity index (χ0v) is 9.69. The summed E-state index contributed by atoms with van der Waals surface area (Å²) in [5.41, 5.74) is 6.54. The first kappa shape index (κ1) is 11.1. The van der Waals surface area contributed by atoms with Crippen LogP contribution < -0.4 is 5.73 Å². The van der Waals surface area contributed by atoms with Crippen LogP contribution in [0.1, 0.15) is 17.6 Å². The SMILES string of the molecule is COCC(N)c1noc(-c2snnc2C)n1. The molecule has 0 radical (unpaired) electrons. The van der Waals surface area contributed by atoms with E-state index in [2.05, 4.69) is 19.7 Å². The van der Waals surface area contributed by atoms with Crippen LogP contribution in [0.4, 0.5) is 0 Å². The molecule has 7 nitrogen and oxygen atoms in total. The van der Waals surface area contributed by atoms with E-state index < -0.39 is 0 Å². The lowest BCUT2D eigenvalue weighted by molar-refractivity contribution is 0.177. The number of rotatable bonds is 4. The summed E-state index contributed by atoms with van der Waals surface area (Å²) in [4.78, 5) is 4.95. The molecule has 2 aromatic rings. The van der Waals surface area contributed by atoms with Crippen LogP contribution in [0.5, 0.6) is 0 Å². The largest absolute Gasteiger partial charge is 0.383 e. The van der Waals surface area contributed by atoms with Gasteiger partial charge in [-0.15, -0.1) is 5.10 Å². The van der Waals surface area contributed by atoms with Gasteiger partial charge in [0.15, 0.2) is 5.82 Å². The molecule has 16 heavy (non-hydrogen) atoms. The predicted octanol–water partition coefficient (Wildman–Crippen LogP) is 0.543. The van der Waals surface area contributed by atoms with Crippen molar-refractivity contribution in [2.45, 2.75) is 13.0 Å². The Bertz CT molecular complexity index is 468. The van der Waals surface area contributed by atoms with E-state index >= 15 is 0 Å². The molecule has 2 N–H and O–H groups in total. The molecule has 1 unspecified atom stereocenters. The Hall–Kier alpha value is -1.38. The van der Waals surface area contributed by atoms with Gasteiger partial charge >= 0.3 is 0 Å². The van der Waals surface area contributed by atoms with Crippen molar-refractivity contribution in [3.05, 3.63) is 11.5 Å². The van der Waals surface area contributed by atoms with Gasteiger partial charge in [0.2, 0.25) is 0 Å². The van der Waals surface area contributed by atoms with Crippen LogP contribution in [-0.2, 0) is 4.74 Å².